The molecule has 0 spiro atoms. The highest BCUT2D eigenvalue weighted by Gasteiger charge is 2.72. The van der Waals surface area contributed by atoms with Gasteiger partial charge in [-0.1, -0.05) is 39.3 Å². The zero-order chi connectivity index (χ0) is 64.7. The Labute approximate surface area is 511 Å². The minimum absolute atomic E-state index is 0.0104. The molecule has 17 N–H and O–H groups in total. The first-order valence-electron chi connectivity index (χ1n) is 31.4. The first kappa shape index (κ1) is 70.5. The smallest absolute Gasteiger partial charge is 0.340 e. The fraction of sp³-hybridized carbons (Fsp3) is 0.950. The van der Waals surface area contributed by atoms with E-state index in [1.165, 1.54) is 13.8 Å². The van der Waals surface area contributed by atoms with Crippen LogP contribution in [0.25, 0.3) is 0 Å². The second-order valence-electron chi connectivity index (χ2n) is 28.1. The van der Waals surface area contributed by atoms with Crippen molar-refractivity contribution in [2.75, 3.05) is 26.4 Å². The summed E-state index contributed by atoms with van der Waals surface area (Å²) >= 11 is 0. The first-order chi connectivity index (χ1) is 41.3. The van der Waals surface area contributed by atoms with Crippen molar-refractivity contribution in [3.05, 3.63) is 11.6 Å². The molecule has 88 heavy (non-hydrogen) atoms. The van der Waals surface area contributed by atoms with E-state index in [4.69, 9.17) is 47.4 Å². The van der Waals surface area contributed by atoms with Gasteiger partial charge in [-0.15, -0.1) is 0 Å². The molecule has 0 bridgehead atoms. The third-order valence-electron chi connectivity index (χ3n) is 23.0. The molecule has 4 saturated carbocycles. The molecule has 9 aliphatic rings. The molecule has 508 valence electrons. The molecule has 0 amide bonds. The molecular weight excluding hydrogens is 1170 g/mol. The van der Waals surface area contributed by atoms with Gasteiger partial charge in [-0.25, -0.2) is 4.79 Å². The molecule has 5 aliphatic heterocycles. The Kier molecular flexibility index (Phi) is 21.7. The quantitative estimate of drug-likeness (QED) is 0.0355. The van der Waals surface area contributed by atoms with Crippen LogP contribution < -0.4 is 0 Å². The fourth-order valence-corrected chi connectivity index (χ4v) is 17.6. The van der Waals surface area contributed by atoms with E-state index in [9.17, 15) is 86.8 Å². The van der Waals surface area contributed by atoms with Crippen molar-refractivity contribution in [3.63, 3.8) is 0 Å². The zero-order valence-electron chi connectivity index (χ0n) is 51.4. The number of rotatable bonds is 18. The highest BCUT2D eigenvalue weighted by molar-refractivity contribution is 5.80. The van der Waals surface area contributed by atoms with E-state index in [2.05, 4.69) is 20.8 Å². The third-order valence-corrected chi connectivity index (χ3v) is 23.0. The van der Waals surface area contributed by atoms with Crippen LogP contribution in [0.3, 0.4) is 0 Å². The highest BCUT2D eigenvalue weighted by Crippen LogP contribution is 2.76. The van der Waals surface area contributed by atoms with Crippen molar-refractivity contribution in [3.8, 4) is 0 Å². The molecule has 28 heteroatoms. The molecule has 0 aromatic carbocycles. The largest absolute Gasteiger partial charge is 0.431 e. The number of allylic oxidation sites excluding steroid dienone is 2. The third kappa shape index (κ3) is 12.2. The van der Waals surface area contributed by atoms with Crippen molar-refractivity contribution < 1.29 is 139 Å². The molecule has 9 rings (SSSR count). The predicted octanol–water partition coefficient (Wildman–Crippen LogP) is -3.82. The first-order valence-corrected chi connectivity index (χ1v) is 31.4. The molecule has 5 heterocycles. The van der Waals surface area contributed by atoms with Crippen LogP contribution in [0.5, 0.6) is 0 Å². The van der Waals surface area contributed by atoms with E-state index in [0.29, 0.717) is 51.4 Å². The van der Waals surface area contributed by atoms with Gasteiger partial charge in [0.05, 0.1) is 44.7 Å². The lowest BCUT2D eigenvalue weighted by atomic mass is 9.35. The Hall–Kier alpha value is -1.83. The monoisotopic (exact) mass is 1270 g/mol. The Morgan fingerprint density at radius 1 is 0.500 bits per heavy atom. The van der Waals surface area contributed by atoms with Crippen LogP contribution in [0.1, 0.15) is 120 Å². The van der Waals surface area contributed by atoms with Gasteiger partial charge >= 0.3 is 5.97 Å². The van der Waals surface area contributed by atoms with Crippen LogP contribution in [-0.2, 0) is 52.2 Å². The summed E-state index contributed by atoms with van der Waals surface area (Å²) in [4.78, 5) is 15.1. The van der Waals surface area contributed by atoms with E-state index in [0.717, 1.165) is 5.57 Å². The van der Waals surface area contributed by atoms with Crippen LogP contribution in [0.15, 0.2) is 11.6 Å². The topological polar surface area (TPSA) is 453 Å². The maximum atomic E-state index is 15.1. The van der Waals surface area contributed by atoms with Crippen LogP contribution in [0, 0.1) is 45.3 Å². The molecule has 28 nitrogen and oxygen atoms in total. The van der Waals surface area contributed by atoms with Gasteiger partial charge in [-0.2, -0.15) is 0 Å². The van der Waals surface area contributed by atoms with Gasteiger partial charge in [0, 0.05) is 11.3 Å². The number of hydrogen-bond acceptors (Lipinski definition) is 28. The molecule has 4 aliphatic carbocycles. The Bertz CT molecular complexity index is 2370. The minimum atomic E-state index is -2.21. The van der Waals surface area contributed by atoms with E-state index < -0.39 is 219 Å². The van der Waals surface area contributed by atoms with E-state index in [-0.39, 0.29) is 37.2 Å². The second kappa shape index (κ2) is 27.1. The van der Waals surface area contributed by atoms with E-state index in [1.54, 1.807) is 0 Å². The lowest BCUT2D eigenvalue weighted by Gasteiger charge is -2.70. The number of hydrogen-bond donors (Lipinski definition) is 17. The minimum Gasteiger partial charge on any atom is -0.431 e. The van der Waals surface area contributed by atoms with Gasteiger partial charge in [0.1, 0.15) is 104 Å². The molecule has 35 unspecified atom stereocenters. The predicted molar refractivity (Wildman–Crippen MR) is 298 cm³/mol. The summed E-state index contributed by atoms with van der Waals surface area (Å²) in [7, 11) is 0. The number of aliphatic hydroxyl groups is 17. The number of fused-ring (bicyclic) bond motifs is 5. The normalized spacial score (nSPS) is 53.0. The van der Waals surface area contributed by atoms with E-state index >= 15 is 4.79 Å². The molecule has 0 radical (unpaired) electrons. The average Bonchev–Trinajstić information content (AvgIpc) is 1.27. The number of esters is 1. The van der Waals surface area contributed by atoms with Crippen molar-refractivity contribution in [1.82, 2.24) is 0 Å². The molecule has 9 fully saturated rings. The summed E-state index contributed by atoms with van der Waals surface area (Å²) in [6, 6.07) is 0. The van der Waals surface area contributed by atoms with Crippen molar-refractivity contribution in [1.29, 1.82) is 0 Å². The second-order valence-corrected chi connectivity index (χ2v) is 28.1. The number of aliphatic hydroxyl groups excluding tert-OH is 16. The summed E-state index contributed by atoms with van der Waals surface area (Å²) in [6.45, 7) is 12.4. The Morgan fingerprint density at radius 2 is 0.989 bits per heavy atom. The summed E-state index contributed by atoms with van der Waals surface area (Å²) in [5, 5.41) is 187. The van der Waals surface area contributed by atoms with Crippen LogP contribution in [0.4, 0.5) is 0 Å². The van der Waals surface area contributed by atoms with Gasteiger partial charge in [0.2, 0.25) is 6.29 Å². The SMILES string of the molecule is CC(C)=CCCC(O)(C(=O)OC1OC(CO)C(O)C(O)C1OC1OC(CO)C(O)C(O)C1O)C1CCC2(C)C1CCC1C3(C)CCC(OC4OC(CO)C(O)C(OC5OC(C)C(O)C(O)C5O)C4OC4OC(C)C(O)C(O)C4O)C(C)(CO)C3CCC12C. The summed E-state index contributed by atoms with van der Waals surface area (Å²) in [6.07, 6.45) is -36.6. The van der Waals surface area contributed by atoms with Crippen molar-refractivity contribution in [2.45, 2.75) is 285 Å². The maximum absolute atomic E-state index is 15.1. The van der Waals surface area contributed by atoms with Gasteiger partial charge in [-0.05, 0) is 126 Å². The fourth-order valence-electron chi connectivity index (χ4n) is 17.6. The molecule has 35 atom stereocenters. The van der Waals surface area contributed by atoms with Gasteiger partial charge in [0.25, 0.3) is 0 Å². The Morgan fingerprint density at radius 3 is 1.55 bits per heavy atom. The highest BCUT2D eigenvalue weighted by atomic mass is 16.8. The maximum Gasteiger partial charge on any atom is 0.340 e. The lowest BCUT2D eigenvalue weighted by molar-refractivity contribution is -0.398. The summed E-state index contributed by atoms with van der Waals surface area (Å²) < 4.78 is 60.8. The van der Waals surface area contributed by atoms with Gasteiger partial charge < -0.3 is 134 Å². The molecular formula is C60H100O28. The molecule has 0 aromatic heterocycles. The van der Waals surface area contributed by atoms with Crippen molar-refractivity contribution in [2.24, 2.45) is 45.3 Å². The lowest BCUT2D eigenvalue weighted by Crippen LogP contribution is -2.68. The number of ether oxygens (including phenoxy) is 10. The number of carbonyl (C=O) groups excluding carboxylic acids is 1. The Balaban J connectivity index is 0.976. The summed E-state index contributed by atoms with van der Waals surface area (Å²) in [5.41, 5.74) is -3.73. The zero-order valence-corrected chi connectivity index (χ0v) is 51.4. The van der Waals surface area contributed by atoms with E-state index in [1.807, 2.05) is 26.8 Å². The summed E-state index contributed by atoms with van der Waals surface area (Å²) in [5.74, 6) is -2.32. The van der Waals surface area contributed by atoms with Crippen LogP contribution >= 0.6 is 0 Å². The molecule has 0 aromatic rings. The standard InChI is InChI=1S/C60H100O28/c1-24(2)10-9-16-60(78,55(77)88-53-48(43(73)38(68)30(21-62)82-53)86-52-46(76)42(72)37(67)29(20-61)81-52)28-13-18-58(7)27(28)11-12-33-56(5)17-15-34(57(6,23-64)32(56)14-19-59(33,58)8)84-54-49(87-51-45(75)41(71)36(66)26(4)80-51)47(39(69)31(22-63)83-54)85-50-44(74)40(70)35(65)25(3)79-50/h10,25-54,61-76,78H,9,11-23H2,1-8H3. The van der Waals surface area contributed by atoms with Gasteiger partial charge in [0.15, 0.2) is 36.9 Å². The van der Waals surface area contributed by atoms with Crippen molar-refractivity contribution >= 4 is 5.97 Å². The van der Waals surface area contributed by atoms with Crippen LogP contribution in [0.2, 0.25) is 0 Å². The van der Waals surface area contributed by atoms with Gasteiger partial charge in [-0.3, -0.25) is 0 Å². The number of carbonyl (C=O) groups is 1. The van der Waals surface area contributed by atoms with Crippen LogP contribution in [-0.4, -0.2) is 284 Å². The molecule has 5 saturated heterocycles. The average molecular weight is 1270 g/mol.